The van der Waals surface area contributed by atoms with E-state index in [2.05, 4.69) is 66.1 Å². The molecule has 3 aromatic rings. The molecule has 43 heavy (non-hydrogen) atoms. The Morgan fingerprint density at radius 1 is 0.860 bits per heavy atom. The molecule has 1 amide bonds. The smallest absolute Gasteiger partial charge is 0.320 e. The quantitative estimate of drug-likeness (QED) is 0.374. The molecule has 1 unspecified atom stereocenters. The van der Waals surface area contributed by atoms with E-state index < -0.39 is 0 Å². The molecule has 0 radical (unpaired) electrons. The van der Waals surface area contributed by atoms with Crippen LogP contribution in [0.3, 0.4) is 0 Å². The van der Waals surface area contributed by atoms with E-state index in [1.165, 1.54) is 5.56 Å². The Morgan fingerprint density at radius 3 is 2.26 bits per heavy atom. The molecule has 8 heteroatoms. The largest absolute Gasteiger partial charge is 0.508 e. The van der Waals surface area contributed by atoms with Crippen LogP contribution in [-0.2, 0) is 16.1 Å². The molecule has 228 valence electrons. The lowest BCUT2D eigenvalue weighted by atomic mass is 9.92. The molecule has 0 bridgehead atoms. The summed E-state index contributed by atoms with van der Waals surface area (Å²) in [6.45, 7) is 12.1. The molecule has 5 rings (SSSR count). The van der Waals surface area contributed by atoms with Gasteiger partial charge in [0, 0.05) is 63.5 Å². The minimum atomic E-state index is -0.225. The number of esters is 1. The fourth-order valence-electron chi connectivity index (χ4n) is 6.42. The SMILES string of the molecule is CCOC(=O)CN1CCN(C(=O)c2cccc(C(c3cccc(O)c3)N3C[C@@H](C)N(Cc4ccccc4)C[C@H]3C)c2)CC1. The van der Waals surface area contributed by atoms with Gasteiger partial charge in [-0.3, -0.25) is 24.3 Å². The summed E-state index contributed by atoms with van der Waals surface area (Å²) in [6, 6.07) is 26.5. The second-order valence-corrected chi connectivity index (χ2v) is 11.8. The van der Waals surface area contributed by atoms with Crippen LogP contribution in [0.15, 0.2) is 78.9 Å². The first-order valence-electron chi connectivity index (χ1n) is 15.4. The Labute approximate surface area is 255 Å². The van der Waals surface area contributed by atoms with Crippen LogP contribution in [-0.4, -0.2) is 101 Å². The highest BCUT2D eigenvalue weighted by Gasteiger charge is 2.35. The standard InChI is InChI=1S/C35H44N4O4/c1-4-43-33(41)25-36-16-18-37(19-17-36)35(42)31-14-8-12-29(20-31)34(30-13-9-15-32(40)21-30)39-23-26(2)38(22-27(39)3)24-28-10-6-5-7-11-28/h5-15,20-21,26-27,34,40H,4,16-19,22-25H2,1-3H3/t26-,27-,34?/m1/s1. The number of piperazine rings is 2. The van der Waals surface area contributed by atoms with Crippen molar-refractivity contribution in [3.8, 4) is 5.75 Å². The Morgan fingerprint density at radius 2 is 1.56 bits per heavy atom. The molecule has 2 aliphatic rings. The van der Waals surface area contributed by atoms with Gasteiger partial charge in [-0.2, -0.15) is 0 Å². The summed E-state index contributed by atoms with van der Waals surface area (Å²) in [4.78, 5) is 34.5. The molecule has 3 aromatic carbocycles. The van der Waals surface area contributed by atoms with Gasteiger partial charge in [-0.15, -0.1) is 0 Å². The number of ether oxygens (including phenoxy) is 1. The van der Waals surface area contributed by atoms with Crippen molar-refractivity contribution in [1.29, 1.82) is 0 Å². The molecule has 2 fully saturated rings. The lowest BCUT2D eigenvalue weighted by Crippen LogP contribution is -2.56. The lowest BCUT2D eigenvalue weighted by Gasteiger charge is -2.47. The fraction of sp³-hybridized carbons (Fsp3) is 0.429. The summed E-state index contributed by atoms with van der Waals surface area (Å²) in [5.41, 5.74) is 4.01. The van der Waals surface area contributed by atoms with Crippen molar-refractivity contribution in [3.05, 3.63) is 101 Å². The Bertz CT molecular complexity index is 1380. The molecular weight excluding hydrogens is 540 g/mol. The van der Waals surface area contributed by atoms with E-state index in [1.807, 2.05) is 40.1 Å². The van der Waals surface area contributed by atoms with Crippen molar-refractivity contribution >= 4 is 11.9 Å². The molecular formula is C35H44N4O4. The number of nitrogens with zero attached hydrogens (tertiary/aromatic N) is 4. The molecule has 0 aromatic heterocycles. The van der Waals surface area contributed by atoms with Crippen molar-refractivity contribution < 1.29 is 19.4 Å². The first-order chi connectivity index (χ1) is 20.8. The minimum absolute atomic E-state index is 0.00129. The number of benzene rings is 3. The van der Waals surface area contributed by atoms with E-state index >= 15 is 0 Å². The van der Waals surface area contributed by atoms with E-state index in [1.54, 1.807) is 13.0 Å². The number of phenolic OH excluding ortho intramolecular Hbond substituents is 1. The van der Waals surface area contributed by atoms with Gasteiger partial charge in [0.15, 0.2) is 0 Å². The van der Waals surface area contributed by atoms with Crippen molar-refractivity contribution in [2.45, 2.75) is 45.4 Å². The maximum Gasteiger partial charge on any atom is 0.320 e. The number of rotatable bonds is 9. The average molecular weight is 585 g/mol. The van der Waals surface area contributed by atoms with Crippen LogP contribution >= 0.6 is 0 Å². The molecule has 1 N–H and O–H groups in total. The van der Waals surface area contributed by atoms with E-state index in [4.69, 9.17) is 4.74 Å². The Kier molecular flexibility index (Phi) is 10.1. The third kappa shape index (κ3) is 7.63. The summed E-state index contributed by atoms with van der Waals surface area (Å²) in [6.07, 6.45) is 0. The van der Waals surface area contributed by atoms with Crippen LogP contribution in [0.4, 0.5) is 0 Å². The van der Waals surface area contributed by atoms with Gasteiger partial charge < -0.3 is 14.7 Å². The molecule has 2 aliphatic heterocycles. The van der Waals surface area contributed by atoms with E-state index in [0.717, 1.165) is 30.8 Å². The van der Waals surface area contributed by atoms with Crippen molar-refractivity contribution in [2.24, 2.45) is 0 Å². The van der Waals surface area contributed by atoms with Crippen LogP contribution in [0, 0.1) is 0 Å². The highest BCUT2D eigenvalue weighted by atomic mass is 16.5. The molecule has 0 spiro atoms. The molecule has 0 aliphatic carbocycles. The third-order valence-corrected chi connectivity index (χ3v) is 8.68. The molecule has 2 heterocycles. The summed E-state index contributed by atoms with van der Waals surface area (Å²) in [5, 5.41) is 10.4. The van der Waals surface area contributed by atoms with E-state index in [-0.39, 0.29) is 36.3 Å². The van der Waals surface area contributed by atoms with Gasteiger partial charge in [0.25, 0.3) is 5.91 Å². The number of aromatic hydroxyl groups is 1. The van der Waals surface area contributed by atoms with Gasteiger partial charge in [0.2, 0.25) is 0 Å². The Balaban J connectivity index is 1.34. The van der Waals surface area contributed by atoms with Crippen LogP contribution in [0.1, 0.15) is 53.9 Å². The number of amides is 1. The van der Waals surface area contributed by atoms with Gasteiger partial charge in [-0.05, 0) is 61.7 Å². The first kappa shape index (κ1) is 30.7. The monoisotopic (exact) mass is 584 g/mol. The predicted molar refractivity (Wildman–Crippen MR) is 168 cm³/mol. The predicted octanol–water partition coefficient (Wildman–Crippen LogP) is 4.40. The van der Waals surface area contributed by atoms with Gasteiger partial charge in [0.05, 0.1) is 19.2 Å². The maximum atomic E-state index is 13.7. The van der Waals surface area contributed by atoms with Gasteiger partial charge in [-0.25, -0.2) is 0 Å². The zero-order valence-corrected chi connectivity index (χ0v) is 25.6. The second kappa shape index (κ2) is 14.2. The van der Waals surface area contributed by atoms with Gasteiger partial charge >= 0.3 is 5.97 Å². The van der Waals surface area contributed by atoms with Crippen LogP contribution in [0.25, 0.3) is 0 Å². The summed E-state index contributed by atoms with van der Waals surface area (Å²) in [5.74, 6) is 0.0117. The molecule has 3 atom stereocenters. The average Bonchev–Trinajstić information content (AvgIpc) is 3.00. The Hall–Kier alpha value is -3.72. The number of phenols is 1. The lowest BCUT2D eigenvalue weighted by molar-refractivity contribution is -0.144. The highest BCUT2D eigenvalue weighted by molar-refractivity contribution is 5.94. The fourth-order valence-corrected chi connectivity index (χ4v) is 6.42. The van der Waals surface area contributed by atoms with Crippen LogP contribution in [0.2, 0.25) is 0 Å². The topological polar surface area (TPSA) is 76.6 Å². The van der Waals surface area contributed by atoms with Crippen molar-refractivity contribution in [1.82, 2.24) is 19.6 Å². The molecule has 0 saturated carbocycles. The third-order valence-electron chi connectivity index (χ3n) is 8.68. The molecule has 2 saturated heterocycles. The normalized spacial score (nSPS) is 21.0. The highest BCUT2D eigenvalue weighted by Crippen LogP contribution is 2.35. The van der Waals surface area contributed by atoms with Crippen molar-refractivity contribution in [2.75, 3.05) is 52.4 Å². The van der Waals surface area contributed by atoms with Crippen molar-refractivity contribution in [3.63, 3.8) is 0 Å². The van der Waals surface area contributed by atoms with E-state index in [9.17, 15) is 14.7 Å². The summed E-state index contributed by atoms with van der Waals surface area (Å²) in [7, 11) is 0. The summed E-state index contributed by atoms with van der Waals surface area (Å²) < 4.78 is 5.08. The zero-order valence-electron chi connectivity index (χ0n) is 25.6. The number of carbonyl (C=O) groups excluding carboxylic acids is 2. The zero-order chi connectivity index (χ0) is 30.3. The maximum absolute atomic E-state index is 13.7. The first-order valence-corrected chi connectivity index (χ1v) is 15.4. The van der Waals surface area contributed by atoms with Gasteiger partial charge in [-0.1, -0.05) is 54.6 Å². The minimum Gasteiger partial charge on any atom is -0.508 e. The van der Waals surface area contributed by atoms with Crippen LogP contribution < -0.4 is 0 Å². The van der Waals surface area contributed by atoms with Gasteiger partial charge in [0.1, 0.15) is 5.75 Å². The number of hydrogen-bond donors (Lipinski definition) is 1. The summed E-state index contributed by atoms with van der Waals surface area (Å²) >= 11 is 0. The molecule has 8 nitrogen and oxygen atoms in total. The second-order valence-electron chi connectivity index (χ2n) is 11.8. The van der Waals surface area contributed by atoms with Crippen LogP contribution in [0.5, 0.6) is 5.75 Å². The number of hydrogen-bond acceptors (Lipinski definition) is 7. The number of carbonyl (C=O) groups is 2. The van der Waals surface area contributed by atoms with E-state index in [0.29, 0.717) is 44.4 Å².